The van der Waals surface area contributed by atoms with Crippen LogP contribution in [0.4, 0.5) is 13.6 Å². The molecule has 2 amide bonds. The Labute approximate surface area is 196 Å². The smallest absolute Gasteiger partial charge is 0.323 e. The first-order valence-corrected chi connectivity index (χ1v) is 11.2. The standard InChI is InChI=1S/C26H27F2N3O3/c1-15-3-4-18(22(28)11-15)13-29-26(34)30-20-8-5-17(6-9-20)25-16(2)31(14-24(32)33)23-10-7-19(27)12-21(23)25/h3-5,7,10-12,20H,6,8-9,13-14H2,1-2H3,(H,32,33)(H2,29,30,34). The number of fused-ring (bicyclic) bond motifs is 1. The molecule has 1 aromatic heterocycles. The van der Waals surface area contributed by atoms with Crippen LogP contribution in [0.1, 0.15) is 41.6 Å². The van der Waals surface area contributed by atoms with Gasteiger partial charge in [-0.2, -0.15) is 0 Å². The summed E-state index contributed by atoms with van der Waals surface area (Å²) in [5.41, 5.74) is 4.57. The summed E-state index contributed by atoms with van der Waals surface area (Å²) in [7, 11) is 0. The summed E-state index contributed by atoms with van der Waals surface area (Å²) in [5, 5.41) is 15.6. The highest BCUT2D eigenvalue weighted by molar-refractivity contribution is 5.95. The quantitative estimate of drug-likeness (QED) is 0.474. The normalized spacial score (nSPS) is 15.8. The molecule has 0 aliphatic heterocycles. The first-order chi connectivity index (χ1) is 16.2. The van der Waals surface area contributed by atoms with Gasteiger partial charge in [0, 0.05) is 40.3 Å². The van der Waals surface area contributed by atoms with E-state index in [0.717, 1.165) is 22.4 Å². The van der Waals surface area contributed by atoms with E-state index in [1.807, 2.05) is 13.0 Å². The van der Waals surface area contributed by atoms with E-state index < -0.39 is 5.97 Å². The fourth-order valence-corrected chi connectivity index (χ4v) is 4.60. The van der Waals surface area contributed by atoms with Crippen molar-refractivity contribution >= 4 is 28.5 Å². The van der Waals surface area contributed by atoms with Gasteiger partial charge in [-0.1, -0.05) is 18.2 Å². The van der Waals surface area contributed by atoms with Crippen molar-refractivity contribution in [2.75, 3.05) is 0 Å². The van der Waals surface area contributed by atoms with Gasteiger partial charge in [-0.05, 0) is 68.5 Å². The Balaban J connectivity index is 1.45. The third kappa shape index (κ3) is 4.95. The number of carboxylic acid groups (broad SMARTS) is 1. The number of nitrogens with zero attached hydrogens (tertiary/aromatic N) is 1. The number of nitrogens with one attached hydrogen (secondary N) is 2. The summed E-state index contributed by atoms with van der Waals surface area (Å²) in [6.07, 6.45) is 3.94. The monoisotopic (exact) mass is 467 g/mol. The average molecular weight is 468 g/mol. The van der Waals surface area contributed by atoms with Crippen molar-refractivity contribution in [1.29, 1.82) is 0 Å². The number of rotatable bonds is 6. The van der Waals surface area contributed by atoms with Crippen molar-refractivity contribution in [3.05, 3.63) is 76.5 Å². The lowest BCUT2D eigenvalue weighted by atomic mass is 9.89. The van der Waals surface area contributed by atoms with Crippen molar-refractivity contribution in [2.24, 2.45) is 0 Å². The van der Waals surface area contributed by atoms with Crippen LogP contribution in [0.3, 0.4) is 0 Å². The van der Waals surface area contributed by atoms with Gasteiger partial charge in [0.05, 0.1) is 0 Å². The molecule has 34 heavy (non-hydrogen) atoms. The molecule has 0 spiro atoms. The first-order valence-electron chi connectivity index (χ1n) is 11.2. The Hall–Kier alpha value is -3.68. The lowest BCUT2D eigenvalue weighted by Crippen LogP contribution is -2.42. The van der Waals surface area contributed by atoms with Gasteiger partial charge in [-0.25, -0.2) is 13.6 Å². The van der Waals surface area contributed by atoms with Crippen LogP contribution in [-0.2, 0) is 17.9 Å². The molecular weight excluding hydrogens is 440 g/mol. The van der Waals surface area contributed by atoms with Crippen LogP contribution in [0.15, 0.2) is 42.5 Å². The summed E-state index contributed by atoms with van der Waals surface area (Å²) in [4.78, 5) is 23.7. The molecule has 4 rings (SSSR count). The van der Waals surface area contributed by atoms with Crippen LogP contribution in [0.25, 0.3) is 16.5 Å². The third-order valence-corrected chi connectivity index (χ3v) is 6.29. The van der Waals surface area contributed by atoms with Crippen molar-refractivity contribution in [1.82, 2.24) is 15.2 Å². The second-order valence-corrected chi connectivity index (χ2v) is 8.72. The summed E-state index contributed by atoms with van der Waals surface area (Å²) < 4.78 is 29.7. The number of hydrogen-bond donors (Lipinski definition) is 3. The van der Waals surface area contributed by atoms with Gasteiger partial charge < -0.3 is 20.3 Å². The zero-order valence-corrected chi connectivity index (χ0v) is 19.1. The highest BCUT2D eigenvalue weighted by atomic mass is 19.1. The van der Waals surface area contributed by atoms with Crippen molar-refractivity contribution in [2.45, 2.75) is 52.2 Å². The Morgan fingerprint density at radius 2 is 1.94 bits per heavy atom. The molecule has 0 fully saturated rings. The minimum atomic E-state index is -0.964. The molecule has 2 aromatic carbocycles. The number of aliphatic carboxylic acids is 1. The van der Waals surface area contributed by atoms with E-state index >= 15 is 0 Å². The Kier molecular flexibility index (Phi) is 6.68. The van der Waals surface area contributed by atoms with Gasteiger partial charge in [0.2, 0.25) is 0 Å². The fraction of sp³-hybridized carbons (Fsp3) is 0.308. The van der Waals surface area contributed by atoms with Gasteiger partial charge in [0.1, 0.15) is 18.2 Å². The van der Waals surface area contributed by atoms with Gasteiger partial charge in [0.15, 0.2) is 0 Å². The molecule has 3 aromatic rings. The number of allylic oxidation sites excluding steroid dienone is 1. The van der Waals surface area contributed by atoms with Crippen LogP contribution in [0.5, 0.6) is 0 Å². The molecule has 3 N–H and O–H groups in total. The maximum absolute atomic E-state index is 14.0. The summed E-state index contributed by atoms with van der Waals surface area (Å²) >= 11 is 0. The molecule has 6 nitrogen and oxygen atoms in total. The third-order valence-electron chi connectivity index (χ3n) is 6.29. The fourth-order valence-electron chi connectivity index (χ4n) is 4.60. The van der Waals surface area contributed by atoms with Crippen LogP contribution in [0, 0.1) is 25.5 Å². The molecule has 1 aliphatic rings. The van der Waals surface area contributed by atoms with Crippen LogP contribution < -0.4 is 10.6 Å². The van der Waals surface area contributed by atoms with E-state index in [0.29, 0.717) is 35.7 Å². The largest absolute Gasteiger partial charge is 0.480 e. The SMILES string of the molecule is Cc1ccc(CNC(=O)NC2CC=C(c3c(C)n(CC(=O)O)c4ccc(F)cc34)CC2)c(F)c1. The van der Waals surface area contributed by atoms with Crippen molar-refractivity contribution in [3.63, 3.8) is 0 Å². The van der Waals surface area contributed by atoms with Gasteiger partial charge >= 0.3 is 12.0 Å². The van der Waals surface area contributed by atoms with E-state index in [9.17, 15) is 23.5 Å². The van der Waals surface area contributed by atoms with E-state index in [2.05, 4.69) is 10.6 Å². The molecule has 0 saturated heterocycles. The number of halogens is 2. The van der Waals surface area contributed by atoms with Crippen LogP contribution in [0.2, 0.25) is 0 Å². The van der Waals surface area contributed by atoms with Crippen LogP contribution >= 0.6 is 0 Å². The van der Waals surface area contributed by atoms with Gasteiger partial charge in [-0.15, -0.1) is 0 Å². The average Bonchev–Trinajstić information content (AvgIpc) is 3.04. The second-order valence-electron chi connectivity index (χ2n) is 8.72. The number of amides is 2. The predicted octanol–water partition coefficient (Wildman–Crippen LogP) is 5.06. The van der Waals surface area contributed by atoms with Gasteiger partial charge in [-0.3, -0.25) is 4.79 Å². The number of hydrogen-bond acceptors (Lipinski definition) is 2. The predicted molar refractivity (Wildman–Crippen MR) is 126 cm³/mol. The van der Waals surface area contributed by atoms with Crippen molar-refractivity contribution in [3.8, 4) is 0 Å². The molecule has 0 bridgehead atoms. The molecule has 1 unspecified atom stereocenters. The molecule has 0 saturated carbocycles. The molecule has 8 heteroatoms. The number of aromatic nitrogens is 1. The minimum Gasteiger partial charge on any atom is -0.480 e. The van der Waals surface area contributed by atoms with E-state index in [-0.39, 0.29) is 36.8 Å². The molecular formula is C26H27F2N3O3. The number of urea groups is 1. The van der Waals surface area contributed by atoms with E-state index in [1.54, 1.807) is 29.7 Å². The molecule has 1 aliphatic carbocycles. The summed E-state index contributed by atoms with van der Waals surface area (Å²) in [5.74, 6) is -1.69. The molecule has 178 valence electrons. The number of benzene rings is 2. The Bertz CT molecular complexity index is 1300. The van der Waals surface area contributed by atoms with E-state index in [4.69, 9.17) is 0 Å². The van der Waals surface area contributed by atoms with Crippen molar-refractivity contribution < 1.29 is 23.5 Å². The topological polar surface area (TPSA) is 83.4 Å². The zero-order valence-electron chi connectivity index (χ0n) is 19.1. The van der Waals surface area contributed by atoms with Gasteiger partial charge in [0.25, 0.3) is 0 Å². The minimum absolute atomic E-state index is 0.0870. The molecule has 1 heterocycles. The zero-order chi connectivity index (χ0) is 24.4. The second kappa shape index (κ2) is 9.67. The lowest BCUT2D eigenvalue weighted by Gasteiger charge is -2.24. The maximum Gasteiger partial charge on any atom is 0.323 e. The Morgan fingerprint density at radius 1 is 1.15 bits per heavy atom. The van der Waals surface area contributed by atoms with E-state index in [1.165, 1.54) is 18.2 Å². The summed E-state index contributed by atoms with van der Waals surface area (Å²) in [6, 6.07) is 8.83. The number of aryl methyl sites for hydroxylation is 1. The molecule has 0 radical (unpaired) electrons. The number of carboxylic acids is 1. The number of carbonyl (C=O) groups excluding carboxylic acids is 1. The Morgan fingerprint density at radius 3 is 2.62 bits per heavy atom. The van der Waals surface area contributed by atoms with Crippen LogP contribution in [-0.4, -0.2) is 27.7 Å². The highest BCUT2D eigenvalue weighted by Crippen LogP contribution is 2.36. The lowest BCUT2D eigenvalue weighted by molar-refractivity contribution is -0.137. The maximum atomic E-state index is 14.0. The highest BCUT2D eigenvalue weighted by Gasteiger charge is 2.23. The molecule has 1 atom stereocenters. The first kappa shape index (κ1) is 23.5. The summed E-state index contributed by atoms with van der Waals surface area (Å²) in [6.45, 7) is 3.55. The number of carbonyl (C=O) groups is 2.